The number of benzene rings is 2. The predicted molar refractivity (Wildman–Crippen MR) is 96.0 cm³/mol. The molecule has 0 aliphatic rings. The smallest absolute Gasteiger partial charge is 0.138 e. The van der Waals surface area contributed by atoms with Crippen LogP contribution in [-0.2, 0) is 0 Å². The second-order valence-electron chi connectivity index (χ2n) is 5.71. The average Bonchev–Trinajstić information content (AvgIpc) is 3.08. The van der Waals surface area contributed by atoms with Crippen LogP contribution in [0.3, 0.4) is 0 Å². The molecular weight excluding hydrogens is 306 g/mol. The van der Waals surface area contributed by atoms with Crippen molar-refractivity contribution in [3.8, 4) is 11.1 Å². The van der Waals surface area contributed by atoms with Gasteiger partial charge in [0.2, 0.25) is 0 Å². The van der Waals surface area contributed by atoms with Crippen LogP contribution in [0, 0.1) is 0 Å². The highest BCUT2D eigenvalue weighted by atomic mass is 35.5. The van der Waals surface area contributed by atoms with Crippen molar-refractivity contribution in [1.29, 1.82) is 0 Å². The lowest BCUT2D eigenvalue weighted by molar-refractivity contribution is 0.867. The van der Waals surface area contributed by atoms with Crippen LogP contribution in [0.4, 0.5) is 0 Å². The summed E-state index contributed by atoms with van der Waals surface area (Å²) in [6, 6.07) is 16.9. The van der Waals surface area contributed by atoms with Crippen molar-refractivity contribution < 1.29 is 0 Å². The quantitative estimate of drug-likeness (QED) is 0.655. The van der Waals surface area contributed by atoms with Crippen molar-refractivity contribution in [1.82, 2.24) is 14.8 Å². The van der Waals surface area contributed by atoms with Crippen LogP contribution >= 0.6 is 11.6 Å². The van der Waals surface area contributed by atoms with Gasteiger partial charge in [-0.15, -0.1) is 0 Å². The van der Waals surface area contributed by atoms with Gasteiger partial charge in [-0.3, -0.25) is 0 Å². The maximum Gasteiger partial charge on any atom is 0.138 e. The van der Waals surface area contributed by atoms with Crippen LogP contribution in [0.2, 0.25) is 0 Å². The van der Waals surface area contributed by atoms with Crippen LogP contribution in [0.25, 0.3) is 22.4 Å². The zero-order chi connectivity index (χ0) is 16.2. The minimum Gasteiger partial charge on any atom is -0.227 e. The van der Waals surface area contributed by atoms with Crippen molar-refractivity contribution >= 4 is 22.8 Å². The van der Waals surface area contributed by atoms with Gasteiger partial charge in [-0.05, 0) is 28.2 Å². The highest BCUT2D eigenvalue weighted by molar-refractivity contribution is 6.50. The first-order valence-electron chi connectivity index (χ1n) is 7.55. The highest BCUT2D eigenvalue weighted by Gasteiger charge is 2.03. The summed E-state index contributed by atoms with van der Waals surface area (Å²) in [5.74, 6) is 0.548. The minimum atomic E-state index is 0.548. The fraction of sp³-hybridized carbons (Fsp3) is 0.158. The van der Waals surface area contributed by atoms with Crippen molar-refractivity contribution in [2.24, 2.45) is 0 Å². The molecule has 0 spiro atoms. The van der Waals surface area contributed by atoms with E-state index in [9.17, 15) is 0 Å². The van der Waals surface area contributed by atoms with E-state index in [0.29, 0.717) is 11.0 Å². The Balaban J connectivity index is 1.81. The van der Waals surface area contributed by atoms with Crippen molar-refractivity contribution in [3.63, 3.8) is 0 Å². The number of rotatable bonds is 4. The van der Waals surface area contributed by atoms with Gasteiger partial charge in [0.25, 0.3) is 0 Å². The van der Waals surface area contributed by atoms with Crippen LogP contribution in [0.15, 0.2) is 61.2 Å². The predicted octanol–water partition coefficient (Wildman–Crippen LogP) is 5.26. The molecule has 0 aliphatic carbocycles. The molecule has 116 valence electrons. The van der Waals surface area contributed by atoms with Crippen LogP contribution in [0.1, 0.15) is 30.9 Å². The van der Waals surface area contributed by atoms with Gasteiger partial charge in [0.1, 0.15) is 12.7 Å². The summed E-state index contributed by atoms with van der Waals surface area (Å²) in [5, 5.41) is 4.64. The van der Waals surface area contributed by atoms with E-state index >= 15 is 0 Å². The molecule has 0 amide bonds. The molecule has 4 heteroatoms. The van der Waals surface area contributed by atoms with Gasteiger partial charge < -0.3 is 0 Å². The third-order valence-electron chi connectivity index (χ3n) is 3.75. The number of halogens is 1. The standard InChI is InChI=1S/C19H18ClN3/c1-14(2)15-3-5-16(6-4-15)17-7-9-18(10-8-17)19(20)11-23-13-21-12-22-23/h3-14H,1-2H3/b19-11-. The first-order valence-corrected chi connectivity index (χ1v) is 7.93. The molecule has 0 saturated carbocycles. The monoisotopic (exact) mass is 323 g/mol. The molecule has 0 saturated heterocycles. The number of nitrogens with zero attached hydrogens (tertiary/aromatic N) is 3. The molecule has 3 aromatic rings. The highest BCUT2D eigenvalue weighted by Crippen LogP contribution is 2.26. The Morgan fingerprint density at radius 1 is 1.00 bits per heavy atom. The molecule has 1 heterocycles. The Hall–Kier alpha value is -2.39. The van der Waals surface area contributed by atoms with E-state index in [2.05, 4.69) is 60.3 Å². The summed E-state index contributed by atoms with van der Waals surface area (Å²) < 4.78 is 1.58. The topological polar surface area (TPSA) is 30.7 Å². The molecule has 3 nitrogen and oxygen atoms in total. The van der Waals surface area contributed by atoms with Crippen molar-refractivity contribution in [2.75, 3.05) is 0 Å². The molecule has 0 unspecified atom stereocenters. The van der Waals surface area contributed by atoms with Crippen molar-refractivity contribution in [2.45, 2.75) is 19.8 Å². The number of aromatic nitrogens is 3. The molecule has 3 rings (SSSR count). The summed E-state index contributed by atoms with van der Waals surface area (Å²) >= 11 is 6.32. The van der Waals surface area contributed by atoms with Crippen LogP contribution < -0.4 is 0 Å². The van der Waals surface area contributed by atoms with Gasteiger partial charge in [-0.1, -0.05) is 74.0 Å². The molecule has 0 atom stereocenters. The lowest BCUT2D eigenvalue weighted by Crippen LogP contribution is -1.88. The number of hydrogen-bond acceptors (Lipinski definition) is 2. The normalized spacial score (nSPS) is 11.9. The second kappa shape index (κ2) is 6.80. The first kappa shape index (κ1) is 15.5. The molecule has 0 N–H and O–H groups in total. The minimum absolute atomic E-state index is 0.548. The van der Waals surface area contributed by atoms with E-state index in [1.807, 2.05) is 12.1 Å². The van der Waals surface area contributed by atoms with E-state index < -0.39 is 0 Å². The van der Waals surface area contributed by atoms with Gasteiger partial charge in [-0.25, -0.2) is 9.67 Å². The lowest BCUT2D eigenvalue weighted by Gasteiger charge is -2.08. The van der Waals surface area contributed by atoms with Crippen LogP contribution in [0.5, 0.6) is 0 Å². The van der Waals surface area contributed by atoms with Crippen LogP contribution in [-0.4, -0.2) is 14.8 Å². The maximum absolute atomic E-state index is 6.32. The summed E-state index contributed by atoms with van der Waals surface area (Å²) in [4.78, 5) is 3.89. The van der Waals surface area contributed by atoms with Gasteiger partial charge in [0.15, 0.2) is 0 Å². The Labute approximate surface area is 141 Å². The number of hydrogen-bond donors (Lipinski definition) is 0. The van der Waals surface area contributed by atoms with Crippen molar-refractivity contribution in [3.05, 3.63) is 72.3 Å². The summed E-state index contributed by atoms with van der Waals surface area (Å²) in [7, 11) is 0. The van der Waals surface area contributed by atoms with E-state index in [-0.39, 0.29) is 0 Å². The molecule has 0 fully saturated rings. The first-order chi connectivity index (χ1) is 11.1. The molecule has 23 heavy (non-hydrogen) atoms. The van der Waals surface area contributed by atoms with E-state index in [1.54, 1.807) is 17.2 Å². The second-order valence-corrected chi connectivity index (χ2v) is 6.11. The SMILES string of the molecule is CC(C)c1ccc(-c2ccc(/C(Cl)=C/n3cncn3)cc2)cc1. The molecule has 0 aliphatic heterocycles. The van der Waals surface area contributed by atoms with Gasteiger partial charge in [-0.2, -0.15) is 5.10 Å². The molecule has 2 aromatic carbocycles. The average molecular weight is 324 g/mol. The Morgan fingerprint density at radius 3 is 2.13 bits per heavy atom. The fourth-order valence-corrected chi connectivity index (χ4v) is 2.58. The van der Waals surface area contributed by atoms with E-state index in [0.717, 1.165) is 5.56 Å². The van der Waals surface area contributed by atoms with Gasteiger partial charge in [0, 0.05) is 6.20 Å². The maximum atomic E-state index is 6.32. The lowest BCUT2D eigenvalue weighted by atomic mass is 9.98. The largest absolute Gasteiger partial charge is 0.227 e. The Bertz CT molecular complexity index is 786. The van der Waals surface area contributed by atoms with Gasteiger partial charge in [0.05, 0.1) is 5.03 Å². The third kappa shape index (κ3) is 3.69. The third-order valence-corrected chi connectivity index (χ3v) is 4.07. The Morgan fingerprint density at radius 2 is 1.61 bits per heavy atom. The van der Waals surface area contributed by atoms with Gasteiger partial charge >= 0.3 is 0 Å². The van der Waals surface area contributed by atoms with E-state index in [4.69, 9.17) is 11.6 Å². The summed E-state index contributed by atoms with van der Waals surface area (Å²) in [6.07, 6.45) is 4.82. The zero-order valence-electron chi connectivity index (χ0n) is 13.1. The van der Waals surface area contributed by atoms with E-state index in [1.165, 1.54) is 23.0 Å². The Kier molecular flexibility index (Phi) is 4.58. The molecule has 0 radical (unpaired) electrons. The molecule has 0 bridgehead atoms. The molecular formula is C19H18ClN3. The zero-order valence-corrected chi connectivity index (χ0v) is 13.9. The molecule has 1 aromatic heterocycles. The summed E-state index contributed by atoms with van der Waals surface area (Å²) in [6.45, 7) is 4.40. The summed E-state index contributed by atoms with van der Waals surface area (Å²) in [5.41, 5.74) is 4.68. The fourth-order valence-electron chi connectivity index (χ4n) is 2.36.